The highest BCUT2D eigenvalue weighted by Gasteiger charge is 1.97. The molecule has 0 spiro atoms. The van der Waals surface area contributed by atoms with Crippen LogP contribution in [0.1, 0.15) is 23.7 Å². The normalized spacial score (nSPS) is 9.46. The number of rotatable bonds is 6. The number of hydrogen-bond acceptors (Lipinski definition) is 4. The molecule has 0 bridgehead atoms. The summed E-state index contributed by atoms with van der Waals surface area (Å²) in [6.07, 6.45) is 3.27. The highest BCUT2D eigenvalue weighted by Crippen LogP contribution is 2.08. The Morgan fingerprint density at radius 3 is 1.77 bits per heavy atom. The van der Waals surface area contributed by atoms with E-state index in [2.05, 4.69) is 63.8 Å². The Labute approximate surface area is 162 Å². The fourth-order valence-corrected chi connectivity index (χ4v) is 2.22. The van der Waals surface area contributed by atoms with Crippen LogP contribution in [0.15, 0.2) is 73.1 Å². The van der Waals surface area contributed by atoms with Crippen molar-refractivity contribution in [3.63, 3.8) is 0 Å². The maximum Gasteiger partial charge on any atom is 0.235 e. The van der Waals surface area contributed by atoms with Gasteiger partial charge in [-0.2, -0.15) is 0 Å². The minimum atomic E-state index is 0. The van der Waals surface area contributed by atoms with E-state index in [4.69, 9.17) is 4.74 Å². The van der Waals surface area contributed by atoms with Gasteiger partial charge in [0.1, 0.15) is 0 Å². The summed E-state index contributed by atoms with van der Waals surface area (Å²) in [5.41, 5.74) is 3.49. The molecule has 26 heavy (non-hydrogen) atoms. The third kappa shape index (κ3) is 8.10. The first-order chi connectivity index (χ1) is 12.3. The molecular weight excluding hydrogens is 346 g/mol. The predicted octanol–water partition coefficient (Wildman–Crippen LogP) is 4.58. The van der Waals surface area contributed by atoms with Crippen molar-refractivity contribution in [1.82, 2.24) is 15.3 Å². The van der Waals surface area contributed by atoms with Gasteiger partial charge >= 0.3 is 0 Å². The van der Waals surface area contributed by atoms with Crippen LogP contribution in [0.4, 0.5) is 0 Å². The van der Waals surface area contributed by atoms with Gasteiger partial charge in [0.2, 0.25) is 5.88 Å². The number of ether oxygens (including phenoxy) is 1. The first kappa shape index (κ1) is 21.6. The zero-order valence-corrected chi connectivity index (χ0v) is 16.1. The number of nitrogens with zero attached hydrogens (tertiary/aromatic N) is 2. The SMILES string of the molecule is CCOc1nccnc1C.Cl.c1ccc(CNCc2ccccc2)cc1. The molecule has 0 fully saturated rings. The lowest BCUT2D eigenvalue weighted by Gasteiger charge is -2.04. The van der Waals surface area contributed by atoms with Crippen LogP contribution in [0.25, 0.3) is 0 Å². The van der Waals surface area contributed by atoms with Crippen molar-refractivity contribution >= 4 is 12.4 Å². The van der Waals surface area contributed by atoms with Crippen molar-refractivity contribution in [2.24, 2.45) is 0 Å². The molecule has 3 aromatic rings. The molecule has 0 aliphatic rings. The summed E-state index contributed by atoms with van der Waals surface area (Å²) >= 11 is 0. The lowest BCUT2D eigenvalue weighted by Crippen LogP contribution is -2.12. The molecule has 0 aliphatic heterocycles. The molecule has 4 nitrogen and oxygen atoms in total. The van der Waals surface area contributed by atoms with Crippen LogP contribution in [0.2, 0.25) is 0 Å². The van der Waals surface area contributed by atoms with Crippen LogP contribution in [0.5, 0.6) is 5.88 Å². The van der Waals surface area contributed by atoms with Gasteiger partial charge in [0.25, 0.3) is 0 Å². The maximum absolute atomic E-state index is 5.16. The van der Waals surface area contributed by atoms with Gasteiger partial charge in [-0.15, -0.1) is 12.4 Å². The van der Waals surface area contributed by atoms with Crippen molar-refractivity contribution in [2.75, 3.05) is 6.61 Å². The summed E-state index contributed by atoms with van der Waals surface area (Å²) < 4.78 is 5.16. The Bertz CT molecular complexity index is 684. The summed E-state index contributed by atoms with van der Waals surface area (Å²) in [6, 6.07) is 20.9. The number of aromatic nitrogens is 2. The van der Waals surface area contributed by atoms with Gasteiger partial charge in [0, 0.05) is 25.5 Å². The monoisotopic (exact) mass is 371 g/mol. The smallest absolute Gasteiger partial charge is 0.235 e. The average Bonchev–Trinajstić information content (AvgIpc) is 2.66. The van der Waals surface area contributed by atoms with Crippen LogP contribution >= 0.6 is 12.4 Å². The van der Waals surface area contributed by atoms with Gasteiger partial charge in [-0.05, 0) is 25.0 Å². The van der Waals surface area contributed by atoms with Crippen molar-refractivity contribution in [3.05, 3.63) is 89.9 Å². The zero-order valence-electron chi connectivity index (χ0n) is 15.3. The number of benzene rings is 2. The molecule has 1 N–H and O–H groups in total. The molecule has 0 amide bonds. The molecule has 1 aromatic heterocycles. The van der Waals surface area contributed by atoms with E-state index in [-0.39, 0.29) is 12.4 Å². The second-order valence-electron chi connectivity index (χ2n) is 5.45. The maximum atomic E-state index is 5.16. The topological polar surface area (TPSA) is 47.0 Å². The predicted molar refractivity (Wildman–Crippen MR) is 109 cm³/mol. The van der Waals surface area contributed by atoms with Crippen LogP contribution in [0.3, 0.4) is 0 Å². The molecule has 0 unspecified atom stereocenters. The van der Waals surface area contributed by atoms with E-state index in [1.54, 1.807) is 12.4 Å². The second kappa shape index (κ2) is 12.9. The summed E-state index contributed by atoms with van der Waals surface area (Å²) in [5, 5.41) is 3.42. The molecule has 0 aliphatic carbocycles. The Balaban J connectivity index is 0.000000270. The number of halogens is 1. The highest BCUT2D eigenvalue weighted by molar-refractivity contribution is 5.85. The quantitative estimate of drug-likeness (QED) is 0.688. The molecule has 5 heteroatoms. The Morgan fingerprint density at radius 2 is 1.31 bits per heavy atom. The van der Waals surface area contributed by atoms with Crippen LogP contribution in [0, 0.1) is 6.92 Å². The third-order valence-corrected chi connectivity index (χ3v) is 3.46. The largest absolute Gasteiger partial charge is 0.477 e. The first-order valence-electron chi connectivity index (χ1n) is 8.48. The van der Waals surface area contributed by atoms with Gasteiger partial charge in [-0.25, -0.2) is 4.98 Å². The van der Waals surface area contributed by atoms with Gasteiger partial charge in [0.15, 0.2) is 0 Å². The summed E-state index contributed by atoms with van der Waals surface area (Å²) in [6.45, 7) is 6.29. The molecular formula is C21H26ClN3O. The number of nitrogens with one attached hydrogen (secondary N) is 1. The lowest BCUT2D eigenvalue weighted by molar-refractivity contribution is 0.322. The molecule has 0 saturated carbocycles. The van der Waals surface area contributed by atoms with E-state index in [1.807, 2.05) is 26.0 Å². The molecule has 3 rings (SSSR count). The van der Waals surface area contributed by atoms with Crippen molar-refractivity contribution in [1.29, 1.82) is 0 Å². The molecule has 0 radical (unpaired) electrons. The fraction of sp³-hybridized carbons (Fsp3) is 0.238. The van der Waals surface area contributed by atoms with Gasteiger partial charge < -0.3 is 10.1 Å². The number of hydrogen-bond donors (Lipinski definition) is 1. The van der Waals surface area contributed by atoms with Crippen molar-refractivity contribution in [3.8, 4) is 5.88 Å². The number of aryl methyl sites for hydroxylation is 1. The standard InChI is InChI=1S/C14H15N.C7H10N2O.ClH/c1-3-7-13(8-4-1)11-15-12-14-9-5-2-6-10-14;1-3-10-7-6(2)8-4-5-9-7;/h1-10,15H,11-12H2;4-5H,3H2,1-2H3;1H. The first-order valence-corrected chi connectivity index (χ1v) is 8.48. The van der Waals surface area contributed by atoms with E-state index in [0.717, 1.165) is 18.8 Å². The van der Waals surface area contributed by atoms with Crippen LogP contribution < -0.4 is 10.1 Å². The molecule has 2 aromatic carbocycles. The molecule has 0 saturated heterocycles. The minimum Gasteiger partial charge on any atom is -0.477 e. The van der Waals surface area contributed by atoms with Gasteiger partial charge in [0.05, 0.1) is 12.3 Å². The Morgan fingerprint density at radius 1 is 0.808 bits per heavy atom. The van der Waals surface area contributed by atoms with E-state index in [9.17, 15) is 0 Å². The van der Waals surface area contributed by atoms with Crippen molar-refractivity contribution in [2.45, 2.75) is 26.9 Å². The second-order valence-corrected chi connectivity index (χ2v) is 5.45. The minimum absolute atomic E-state index is 0. The van der Waals surface area contributed by atoms with E-state index in [0.29, 0.717) is 12.5 Å². The summed E-state index contributed by atoms with van der Waals surface area (Å²) in [5.74, 6) is 0.630. The molecule has 0 atom stereocenters. The summed E-state index contributed by atoms with van der Waals surface area (Å²) in [4.78, 5) is 7.99. The van der Waals surface area contributed by atoms with E-state index >= 15 is 0 Å². The average molecular weight is 372 g/mol. The van der Waals surface area contributed by atoms with Crippen molar-refractivity contribution < 1.29 is 4.74 Å². The molecule has 138 valence electrons. The van der Waals surface area contributed by atoms with E-state index in [1.165, 1.54) is 11.1 Å². The van der Waals surface area contributed by atoms with Crippen LogP contribution in [-0.4, -0.2) is 16.6 Å². The van der Waals surface area contributed by atoms with Gasteiger partial charge in [-0.3, -0.25) is 4.98 Å². The highest BCUT2D eigenvalue weighted by atomic mass is 35.5. The summed E-state index contributed by atoms with van der Waals surface area (Å²) in [7, 11) is 0. The molecule has 1 heterocycles. The Hall–Kier alpha value is -2.43. The van der Waals surface area contributed by atoms with E-state index < -0.39 is 0 Å². The Kier molecular flexibility index (Phi) is 10.7. The van der Waals surface area contributed by atoms with Gasteiger partial charge in [-0.1, -0.05) is 60.7 Å². The lowest BCUT2D eigenvalue weighted by atomic mass is 10.2. The zero-order chi connectivity index (χ0) is 17.7. The fourth-order valence-electron chi connectivity index (χ4n) is 2.22. The third-order valence-electron chi connectivity index (χ3n) is 3.46. The van der Waals surface area contributed by atoms with Crippen LogP contribution in [-0.2, 0) is 13.1 Å².